The second kappa shape index (κ2) is 33.1. The molecule has 10 N–H and O–H groups in total. The molecule has 0 aromatic heterocycles. The molecule has 4 bridgehead atoms. The highest BCUT2D eigenvalue weighted by atomic mass is 79.9. The van der Waals surface area contributed by atoms with Crippen LogP contribution in [0.1, 0.15) is 111 Å². The van der Waals surface area contributed by atoms with E-state index in [9.17, 15) is 4.79 Å². The Morgan fingerprint density at radius 3 is 1.07 bits per heavy atom. The van der Waals surface area contributed by atoms with Gasteiger partial charge in [-0.2, -0.15) is 0 Å². The van der Waals surface area contributed by atoms with Crippen molar-refractivity contribution in [3.63, 3.8) is 0 Å². The maximum atomic E-state index is 10.4. The average Bonchev–Trinajstić information content (AvgIpc) is 3.23. The minimum atomic E-state index is -0.717. The summed E-state index contributed by atoms with van der Waals surface area (Å²) >= 11 is 3.39. The van der Waals surface area contributed by atoms with E-state index in [1.807, 2.05) is 6.92 Å². The van der Waals surface area contributed by atoms with Crippen LogP contribution in [0.5, 0.6) is 0 Å². The molecule has 6 rings (SSSR count). The van der Waals surface area contributed by atoms with Gasteiger partial charge >= 0.3 is 0 Å². The molecule has 0 spiro atoms. The zero-order chi connectivity index (χ0) is 45.4. The summed E-state index contributed by atoms with van der Waals surface area (Å²) in [7, 11) is 0. The molecule has 6 aliphatic rings. The van der Waals surface area contributed by atoms with Gasteiger partial charge in [0.1, 0.15) is 6.29 Å². The number of carbonyl (C=O) groups is 1. The van der Waals surface area contributed by atoms with Crippen LogP contribution in [0.3, 0.4) is 0 Å². The molecule has 6 heterocycles. The van der Waals surface area contributed by atoms with Gasteiger partial charge < -0.3 is 84.3 Å². The summed E-state index contributed by atoms with van der Waals surface area (Å²) in [6, 6.07) is 0. The summed E-state index contributed by atoms with van der Waals surface area (Å²) in [6.45, 7) is 10.9. The summed E-state index contributed by atoms with van der Waals surface area (Å²) < 4.78 is 32.2. The minimum absolute atomic E-state index is 0.0200. The van der Waals surface area contributed by atoms with Gasteiger partial charge in [0.15, 0.2) is 0 Å². The van der Waals surface area contributed by atoms with Gasteiger partial charge in [0, 0.05) is 95.1 Å². The van der Waals surface area contributed by atoms with Crippen molar-refractivity contribution in [1.29, 1.82) is 0 Å². The summed E-state index contributed by atoms with van der Waals surface area (Å²) in [4.78, 5) is 10.4. The Hall–Kier alpha value is -0.490. The van der Waals surface area contributed by atoms with Crippen LogP contribution < -0.4 is 0 Å². The average molecular weight is 940 g/mol. The number of halogens is 1. The summed E-state index contributed by atoms with van der Waals surface area (Å²) in [5.74, 6) is -0.717. The molecule has 0 saturated carbocycles. The highest BCUT2D eigenvalue weighted by Crippen LogP contribution is 2.40. The maximum absolute atomic E-state index is 10.4. The Morgan fingerprint density at radius 2 is 0.817 bits per heavy atom. The Bertz CT molecular complexity index is 925. The van der Waals surface area contributed by atoms with Crippen LogP contribution in [0.2, 0.25) is 0 Å². The fourth-order valence-electron chi connectivity index (χ4n) is 7.56. The van der Waals surface area contributed by atoms with Gasteiger partial charge in [-0.25, -0.2) is 0 Å². The second-order valence-corrected chi connectivity index (χ2v) is 17.9. The number of hydrogen-bond acceptors (Lipinski definition) is 17. The van der Waals surface area contributed by atoms with Crippen LogP contribution in [0.4, 0.5) is 0 Å². The van der Waals surface area contributed by atoms with Gasteiger partial charge in [-0.15, -0.1) is 0 Å². The summed E-state index contributed by atoms with van der Waals surface area (Å²) in [6.07, 6.45) is 9.24. The third-order valence-electron chi connectivity index (χ3n) is 11.9. The van der Waals surface area contributed by atoms with Gasteiger partial charge in [0.25, 0.3) is 12.4 Å². The fourth-order valence-corrected chi connectivity index (χ4v) is 7.84. The van der Waals surface area contributed by atoms with Crippen molar-refractivity contribution in [3.05, 3.63) is 0 Å². The Morgan fingerprint density at radius 1 is 0.517 bits per heavy atom. The van der Waals surface area contributed by atoms with Crippen molar-refractivity contribution < 1.29 is 84.3 Å². The number of fused-ring (bicyclic) bond motifs is 6. The van der Waals surface area contributed by atoms with Crippen LogP contribution >= 0.6 is 15.9 Å². The first-order valence-electron chi connectivity index (χ1n) is 21.5. The van der Waals surface area contributed by atoms with Crippen molar-refractivity contribution in [2.75, 3.05) is 111 Å². The molecule has 6 fully saturated rings. The van der Waals surface area contributed by atoms with Crippen LogP contribution in [0.15, 0.2) is 0 Å². The van der Waals surface area contributed by atoms with E-state index in [-0.39, 0.29) is 101 Å². The van der Waals surface area contributed by atoms with E-state index in [1.54, 1.807) is 0 Å². The molecule has 17 nitrogen and oxygen atoms in total. The Labute approximate surface area is 366 Å². The highest BCUT2D eigenvalue weighted by Gasteiger charge is 2.49. The lowest BCUT2D eigenvalue weighted by Gasteiger charge is -2.50. The van der Waals surface area contributed by atoms with Gasteiger partial charge in [0.2, 0.25) is 0 Å². The van der Waals surface area contributed by atoms with E-state index in [1.165, 1.54) is 0 Å². The molecule has 0 radical (unpaired) electrons. The number of alkyl halides is 1. The van der Waals surface area contributed by atoms with E-state index in [0.29, 0.717) is 64.2 Å². The molecular weight excluding hydrogens is 856 g/mol. The predicted molar refractivity (Wildman–Crippen MR) is 227 cm³/mol. The molecule has 0 aromatic rings. The van der Waals surface area contributed by atoms with Crippen molar-refractivity contribution in [2.24, 2.45) is 27.1 Å². The van der Waals surface area contributed by atoms with Gasteiger partial charge in [-0.1, -0.05) is 43.1 Å². The minimum Gasteiger partial charge on any atom is -0.396 e. The third-order valence-corrected chi connectivity index (χ3v) is 12.5. The first-order valence-corrected chi connectivity index (χ1v) is 22.7. The number of rotatable bonds is 26. The first-order chi connectivity index (χ1) is 28.7. The van der Waals surface area contributed by atoms with Crippen molar-refractivity contribution >= 4 is 22.2 Å². The van der Waals surface area contributed by atoms with E-state index >= 15 is 0 Å². The number of ether oxygens (including phenoxy) is 6. The summed E-state index contributed by atoms with van der Waals surface area (Å²) in [5.41, 5.74) is -0.573. The molecular formula is C42H83BrO17. The molecule has 0 amide bonds. The van der Waals surface area contributed by atoms with Crippen molar-refractivity contribution in [3.8, 4) is 0 Å². The third kappa shape index (κ3) is 22.4. The topological polar surface area (TPSA) is 275 Å². The number of aliphatic hydroxyl groups excluding tert-OH is 10. The molecule has 0 unspecified atom stereocenters. The van der Waals surface area contributed by atoms with E-state index in [0.717, 1.165) is 70.5 Å². The maximum Gasteiger partial charge on any atom is 0.282 e. The molecule has 0 aromatic carbocycles. The summed E-state index contributed by atoms with van der Waals surface area (Å²) in [5, 5.41) is 89.2. The normalized spacial score (nSPS) is 24.5. The number of aliphatic hydroxyl groups is 10. The van der Waals surface area contributed by atoms with Crippen LogP contribution in [-0.4, -0.2) is 181 Å². The molecule has 6 saturated heterocycles. The molecule has 0 atom stereocenters. The van der Waals surface area contributed by atoms with E-state index in [4.69, 9.17) is 79.5 Å². The SMILES string of the molecule is CC12COC(CCCBr)(OC1)OC2.CC12COC(OC1)OC2.CCC(CCO)(CCO)CCO.O=CCC(CCO)(CCO)CCO.OCCC(CCO)(CCO)CCO. The lowest BCUT2D eigenvalue weighted by atomic mass is 9.76. The zero-order valence-electron chi connectivity index (χ0n) is 36.8. The number of aldehydes is 1. The molecule has 0 aliphatic carbocycles. The van der Waals surface area contributed by atoms with E-state index < -0.39 is 11.4 Å². The monoisotopic (exact) mass is 938 g/mol. The largest absolute Gasteiger partial charge is 0.396 e. The van der Waals surface area contributed by atoms with Gasteiger partial charge in [0.05, 0.1) is 39.6 Å². The lowest BCUT2D eigenvalue weighted by Crippen LogP contribution is -2.58. The van der Waals surface area contributed by atoms with Gasteiger partial charge in [-0.05, 0) is 86.9 Å². The van der Waals surface area contributed by atoms with Crippen LogP contribution in [-0.2, 0) is 33.2 Å². The first kappa shape index (κ1) is 59.5. The number of hydrogen-bond donors (Lipinski definition) is 10. The quantitative estimate of drug-likeness (QED) is 0.0439. The Kier molecular flexibility index (Phi) is 32.8. The standard InChI is InChI=1S/C9H15BrO3.C9H20O4.C9H18O4.C9H20O3.C6H10O3/c1-8-5-11-9(12-6-8,13-7-8)3-2-4-10;2*10-5-1-9(2-6-11,3-7-12)4-8-13;1-2-9(3-6-10,4-7-11)5-8-12;1-6-2-7-5(8-3-6)9-4-6/h2-7H2,1H3;10-13H,1-8H2;5,11-13H,1-4,6-8H2;10-12H,2-8H2,1H3;5H,2-4H2,1H3. The van der Waals surface area contributed by atoms with Crippen LogP contribution in [0.25, 0.3) is 0 Å². The molecule has 60 heavy (non-hydrogen) atoms. The van der Waals surface area contributed by atoms with Crippen molar-refractivity contribution in [2.45, 2.75) is 123 Å². The number of carbonyl (C=O) groups excluding carboxylic acids is 1. The van der Waals surface area contributed by atoms with E-state index in [2.05, 4.69) is 29.8 Å². The lowest BCUT2D eigenvalue weighted by molar-refractivity contribution is -0.467. The molecule has 360 valence electrons. The molecule has 18 heteroatoms. The Balaban J connectivity index is 0.000000728. The zero-order valence-corrected chi connectivity index (χ0v) is 38.4. The van der Waals surface area contributed by atoms with Crippen molar-refractivity contribution in [1.82, 2.24) is 0 Å². The molecule has 6 aliphatic heterocycles. The fraction of sp³-hybridized carbons (Fsp3) is 0.976. The second-order valence-electron chi connectivity index (χ2n) is 17.1. The smallest absolute Gasteiger partial charge is 0.282 e. The van der Waals surface area contributed by atoms with Gasteiger partial charge in [-0.3, -0.25) is 0 Å². The highest BCUT2D eigenvalue weighted by molar-refractivity contribution is 9.09. The predicted octanol–water partition coefficient (Wildman–Crippen LogP) is 1.99. The van der Waals surface area contributed by atoms with Crippen LogP contribution in [0, 0.1) is 27.1 Å².